The van der Waals surface area contributed by atoms with Crippen molar-refractivity contribution in [2.75, 3.05) is 0 Å². The zero-order valence-electron chi connectivity index (χ0n) is 5.84. The van der Waals surface area contributed by atoms with E-state index in [1.165, 1.54) is 12.8 Å². The highest BCUT2D eigenvalue weighted by atomic mass is 16.1. The Labute approximate surface area is 60.0 Å². The van der Waals surface area contributed by atoms with Gasteiger partial charge < -0.3 is 11.1 Å². The molecule has 1 amide bonds. The molecule has 0 aromatic rings. The molecule has 2 fully saturated rings. The Kier molecular flexibility index (Phi) is 1.20. The quantitative estimate of drug-likeness (QED) is 0.521. The van der Waals surface area contributed by atoms with E-state index in [2.05, 4.69) is 5.32 Å². The third-order valence-electron chi connectivity index (χ3n) is 2.51. The van der Waals surface area contributed by atoms with Crippen molar-refractivity contribution in [3.8, 4) is 0 Å². The molecule has 3 N–H and O–H groups in total. The number of hydrogen-bond donors (Lipinski definition) is 2. The van der Waals surface area contributed by atoms with Gasteiger partial charge in [0.15, 0.2) is 0 Å². The first-order valence-corrected chi connectivity index (χ1v) is 3.83. The number of amides is 1. The van der Waals surface area contributed by atoms with E-state index in [9.17, 15) is 4.79 Å². The van der Waals surface area contributed by atoms with Crippen LogP contribution in [0.4, 0.5) is 0 Å². The number of fused-ring (bicyclic) bond motifs is 1. The van der Waals surface area contributed by atoms with E-state index in [4.69, 9.17) is 5.73 Å². The predicted octanol–water partition coefficient (Wildman–Crippen LogP) is -0.388. The second-order valence-corrected chi connectivity index (χ2v) is 3.30. The lowest BCUT2D eigenvalue weighted by molar-refractivity contribution is -0.120. The van der Waals surface area contributed by atoms with Gasteiger partial charge in [0, 0.05) is 6.04 Å². The molecule has 2 rings (SSSR count). The number of nitrogens with two attached hydrogens (primary N) is 1. The van der Waals surface area contributed by atoms with Gasteiger partial charge in [0.05, 0.1) is 6.04 Å². The van der Waals surface area contributed by atoms with Gasteiger partial charge >= 0.3 is 0 Å². The van der Waals surface area contributed by atoms with Gasteiger partial charge in [-0.05, 0) is 25.2 Å². The van der Waals surface area contributed by atoms with Crippen molar-refractivity contribution in [2.24, 2.45) is 11.7 Å². The minimum atomic E-state index is -0.189. The minimum absolute atomic E-state index is 0.0382. The zero-order valence-corrected chi connectivity index (χ0v) is 5.84. The van der Waals surface area contributed by atoms with Crippen LogP contribution in [0.25, 0.3) is 0 Å². The second kappa shape index (κ2) is 1.95. The van der Waals surface area contributed by atoms with Gasteiger partial charge in [0.2, 0.25) is 5.91 Å². The van der Waals surface area contributed by atoms with Crippen molar-refractivity contribution in [1.29, 1.82) is 0 Å². The minimum Gasteiger partial charge on any atom is -0.368 e. The number of carbonyl (C=O) groups excluding carboxylic acids is 1. The summed E-state index contributed by atoms with van der Waals surface area (Å²) in [6.45, 7) is 0. The summed E-state index contributed by atoms with van der Waals surface area (Å²) in [5, 5.41) is 3.22. The van der Waals surface area contributed by atoms with Crippen molar-refractivity contribution in [3.05, 3.63) is 0 Å². The highest BCUT2D eigenvalue weighted by Gasteiger charge is 2.42. The molecule has 0 aromatic carbocycles. The van der Waals surface area contributed by atoms with E-state index in [0.29, 0.717) is 6.04 Å². The van der Waals surface area contributed by atoms with Crippen LogP contribution in [0.2, 0.25) is 0 Å². The largest absolute Gasteiger partial charge is 0.368 e. The van der Waals surface area contributed by atoms with E-state index in [-0.39, 0.29) is 11.9 Å². The second-order valence-electron chi connectivity index (χ2n) is 3.30. The maximum atomic E-state index is 10.7. The monoisotopic (exact) mass is 140 g/mol. The molecule has 3 unspecified atom stereocenters. The van der Waals surface area contributed by atoms with Gasteiger partial charge in [-0.2, -0.15) is 0 Å². The van der Waals surface area contributed by atoms with Crippen molar-refractivity contribution >= 4 is 5.91 Å². The smallest absolute Gasteiger partial charge is 0.234 e. The third kappa shape index (κ3) is 0.904. The molecular formula is C7H12N2O. The molecule has 0 spiro atoms. The molecule has 3 atom stereocenters. The standard InChI is InChI=1S/C7H12N2O/c8-7(10)5-2-1-4-3-6(4)9-5/h4-6,9H,1-3H2,(H2,8,10). The van der Waals surface area contributed by atoms with Crippen molar-refractivity contribution in [3.63, 3.8) is 0 Å². The van der Waals surface area contributed by atoms with Crippen LogP contribution in [0.5, 0.6) is 0 Å². The summed E-state index contributed by atoms with van der Waals surface area (Å²) < 4.78 is 0. The molecule has 0 bridgehead atoms. The highest BCUT2D eigenvalue weighted by molar-refractivity contribution is 5.80. The number of piperidine rings is 1. The molecule has 1 saturated heterocycles. The van der Waals surface area contributed by atoms with Gasteiger partial charge in [0.1, 0.15) is 0 Å². The summed E-state index contributed by atoms with van der Waals surface area (Å²) >= 11 is 0. The lowest BCUT2D eigenvalue weighted by Gasteiger charge is -2.19. The first kappa shape index (κ1) is 6.16. The number of primary amides is 1. The Hall–Kier alpha value is -0.570. The van der Waals surface area contributed by atoms with E-state index in [0.717, 1.165) is 12.3 Å². The van der Waals surface area contributed by atoms with E-state index in [1.807, 2.05) is 0 Å². The van der Waals surface area contributed by atoms with Gasteiger partial charge in [-0.25, -0.2) is 0 Å². The van der Waals surface area contributed by atoms with Crippen LogP contribution in [0, 0.1) is 5.92 Å². The molecule has 3 nitrogen and oxygen atoms in total. The molecule has 10 heavy (non-hydrogen) atoms. The molecule has 1 heterocycles. The molecule has 2 aliphatic rings. The Morgan fingerprint density at radius 3 is 2.90 bits per heavy atom. The Morgan fingerprint density at radius 2 is 2.30 bits per heavy atom. The summed E-state index contributed by atoms with van der Waals surface area (Å²) in [7, 11) is 0. The molecule has 1 aliphatic carbocycles. The normalized spacial score (nSPS) is 44.2. The average Bonchev–Trinajstić information content (AvgIpc) is 2.63. The predicted molar refractivity (Wildman–Crippen MR) is 37.2 cm³/mol. The van der Waals surface area contributed by atoms with Gasteiger partial charge in [-0.3, -0.25) is 4.79 Å². The molecule has 1 saturated carbocycles. The number of rotatable bonds is 1. The maximum Gasteiger partial charge on any atom is 0.234 e. The van der Waals surface area contributed by atoms with Crippen LogP contribution in [-0.2, 0) is 4.79 Å². The first-order chi connectivity index (χ1) is 4.77. The lowest BCUT2D eigenvalue weighted by Crippen LogP contribution is -2.45. The van der Waals surface area contributed by atoms with Crippen molar-refractivity contribution < 1.29 is 4.79 Å². The van der Waals surface area contributed by atoms with Gasteiger partial charge in [0.25, 0.3) is 0 Å². The van der Waals surface area contributed by atoms with Crippen LogP contribution in [-0.4, -0.2) is 18.0 Å². The van der Waals surface area contributed by atoms with Gasteiger partial charge in [-0.1, -0.05) is 0 Å². The Morgan fingerprint density at radius 1 is 1.50 bits per heavy atom. The van der Waals surface area contributed by atoms with Crippen LogP contribution in [0.3, 0.4) is 0 Å². The van der Waals surface area contributed by atoms with Gasteiger partial charge in [-0.15, -0.1) is 0 Å². The van der Waals surface area contributed by atoms with Crippen LogP contribution >= 0.6 is 0 Å². The van der Waals surface area contributed by atoms with Crippen molar-refractivity contribution in [1.82, 2.24) is 5.32 Å². The molecule has 0 aromatic heterocycles. The number of carbonyl (C=O) groups is 1. The van der Waals surface area contributed by atoms with E-state index >= 15 is 0 Å². The fourth-order valence-electron chi connectivity index (χ4n) is 1.72. The Bertz CT molecular complexity index is 169. The summed E-state index contributed by atoms with van der Waals surface area (Å²) in [4.78, 5) is 10.7. The SMILES string of the molecule is NC(=O)C1CCC2CC2N1. The van der Waals surface area contributed by atoms with E-state index in [1.54, 1.807) is 0 Å². The van der Waals surface area contributed by atoms with Crippen LogP contribution in [0.15, 0.2) is 0 Å². The summed E-state index contributed by atoms with van der Waals surface area (Å²) in [6, 6.07) is 0.579. The molecular weight excluding hydrogens is 128 g/mol. The number of hydrogen-bond acceptors (Lipinski definition) is 2. The maximum absolute atomic E-state index is 10.7. The average molecular weight is 140 g/mol. The molecule has 56 valence electrons. The lowest BCUT2D eigenvalue weighted by atomic mass is 10.0. The van der Waals surface area contributed by atoms with E-state index < -0.39 is 0 Å². The number of nitrogens with one attached hydrogen (secondary N) is 1. The summed E-state index contributed by atoms with van der Waals surface area (Å²) in [5.74, 6) is 0.668. The molecule has 3 heteroatoms. The van der Waals surface area contributed by atoms with Crippen LogP contribution in [0.1, 0.15) is 19.3 Å². The Balaban J connectivity index is 1.94. The van der Waals surface area contributed by atoms with Crippen LogP contribution < -0.4 is 11.1 Å². The first-order valence-electron chi connectivity index (χ1n) is 3.83. The highest BCUT2D eigenvalue weighted by Crippen LogP contribution is 2.38. The molecule has 0 radical (unpaired) electrons. The molecule has 1 aliphatic heterocycles. The summed E-state index contributed by atoms with van der Waals surface area (Å²) in [5.41, 5.74) is 5.15. The fraction of sp³-hybridized carbons (Fsp3) is 0.857. The summed E-state index contributed by atoms with van der Waals surface area (Å²) in [6.07, 6.45) is 3.38. The zero-order chi connectivity index (χ0) is 7.14. The van der Waals surface area contributed by atoms with Crippen molar-refractivity contribution in [2.45, 2.75) is 31.3 Å². The third-order valence-corrected chi connectivity index (χ3v) is 2.51. The fourth-order valence-corrected chi connectivity index (χ4v) is 1.72. The topological polar surface area (TPSA) is 55.1 Å².